The molecule has 0 aliphatic carbocycles. The van der Waals surface area contributed by atoms with Gasteiger partial charge in [0, 0.05) is 30.3 Å². The van der Waals surface area contributed by atoms with E-state index < -0.39 is 11.4 Å². The van der Waals surface area contributed by atoms with Gasteiger partial charge in [-0.05, 0) is 18.6 Å². The molecule has 0 spiro atoms. The number of aromatic nitrogens is 2. The summed E-state index contributed by atoms with van der Waals surface area (Å²) in [5.74, 6) is -0.756. The molecule has 2 aliphatic rings. The number of carboxylic acids is 1. The third-order valence-corrected chi connectivity index (χ3v) is 5.41. The van der Waals surface area contributed by atoms with Crippen molar-refractivity contribution < 1.29 is 19.4 Å². The Bertz CT molecular complexity index is 862. The van der Waals surface area contributed by atoms with E-state index >= 15 is 0 Å². The molecule has 4 rings (SSSR count). The molecule has 0 radical (unpaired) electrons. The van der Waals surface area contributed by atoms with Gasteiger partial charge >= 0.3 is 5.97 Å². The van der Waals surface area contributed by atoms with E-state index in [0.29, 0.717) is 18.0 Å². The highest BCUT2D eigenvalue weighted by Gasteiger charge is 2.57. The van der Waals surface area contributed by atoms with Gasteiger partial charge < -0.3 is 14.7 Å². The van der Waals surface area contributed by atoms with Crippen LogP contribution in [0.1, 0.15) is 41.0 Å². The van der Waals surface area contributed by atoms with E-state index in [1.54, 1.807) is 11.0 Å². The first-order valence-electron chi connectivity index (χ1n) is 8.84. The van der Waals surface area contributed by atoms with E-state index in [1.807, 2.05) is 24.3 Å². The van der Waals surface area contributed by atoms with Crippen molar-refractivity contribution >= 4 is 11.9 Å². The Balaban J connectivity index is 1.65. The van der Waals surface area contributed by atoms with Crippen molar-refractivity contribution in [3.05, 3.63) is 47.3 Å². The number of H-pyrrole nitrogens is 1. The van der Waals surface area contributed by atoms with Gasteiger partial charge in [0.25, 0.3) is 5.91 Å². The minimum Gasteiger partial charge on any atom is -0.492 e. The second-order valence-corrected chi connectivity index (χ2v) is 7.05. The molecule has 1 saturated heterocycles. The van der Waals surface area contributed by atoms with Crippen molar-refractivity contribution in [3.63, 3.8) is 0 Å². The number of nitrogens with zero attached hydrogens (tertiary/aromatic N) is 2. The zero-order valence-corrected chi connectivity index (χ0v) is 14.6. The molecule has 0 unspecified atom stereocenters. The molecule has 2 atom stereocenters. The van der Waals surface area contributed by atoms with Crippen molar-refractivity contribution in [2.75, 3.05) is 19.7 Å². The topological polar surface area (TPSA) is 95.5 Å². The molecule has 3 heterocycles. The van der Waals surface area contributed by atoms with Gasteiger partial charge in [-0.15, -0.1) is 0 Å². The number of amides is 1. The summed E-state index contributed by atoms with van der Waals surface area (Å²) in [6.07, 6.45) is 1.78. The summed E-state index contributed by atoms with van der Waals surface area (Å²) in [5, 5.41) is 16.9. The Hall–Kier alpha value is -2.83. The zero-order valence-electron chi connectivity index (χ0n) is 14.6. The molecule has 1 aromatic carbocycles. The van der Waals surface area contributed by atoms with Crippen molar-refractivity contribution in [3.8, 4) is 5.75 Å². The number of hydrogen-bond acceptors (Lipinski definition) is 4. The van der Waals surface area contributed by atoms with Gasteiger partial charge in [0.05, 0.1) is 0 Å². The molecule has 1 aromatic heterocycles. The van der Waals surface area contributed by atoms with Gasteiger partial charge in [-0.1, -0.05) is 31.5 Å². The van der Waals surface area contributed by atoms with Crippen LogP contribution in [0.3, 0.4) is 0 Å². The number of para-hydroxylation sites is 1. The van der Waals surface area contributed by atoms with Gasteiger partial charge in [-0.25, -0.2) is 0 Å². The van der Waals surface area contributed by atoms with Crippen LogP contribution in [-0.2, 0) is 11.2 Å². The van der Waals surface area contributed by atoms with E-state index in [4.69, 9.17) is 4.74 Å². The van der Waals surface area contributed by atoms with Crippen LogP contribution in [0.4, 0.5) is 0 Å². The molecule has 2 N–H and O–H groups in total. The average molecular weight is 355 g/mol. The van der Waals surface area contributed by atoms with Crippen molar-refractivity contribution in [1.82, 2.24) is 15.1 Å². The number of aliphatic carboxylic acids is 1. The van der Waals surface area contributed by atoms with Crippen LogP contribution in [0, 0.1) is 5.41 Å². The first-order valence-corrected chi connectivity index (χ1v) is 8.84. The molecule has 7 nitrogen and oxygen atoms in total. The minimum absolute atomic E-state index is 0.0649. The number of fused-ring (bicyclic) bond motifs is 3. The summed E-state index contributed by atoms with van der Waals surface area (Å²) >= 11 is 0. The van der Waals surface area contributed by atoms with E-state index in [9.17, 15) is 14.7 Å². The predicted molar refractivity (Wildman–Crippen MR) is 93.2 cm³/mol. The first kappa shape index (κ1) is 16.6. The number of aryl methyl sites for hydroxylation is 1. The van der Waals surface area contributed by atoms with Crippen molar-refractivity contribution in [2.45, 2.75) is 25.7 Å². The molecule has 0 bridgehead atoms. The van der Waals surface area contributed by atoms with E-state index in [0.717, 1.165) is 24.1 Å². The number of carboxylic acid groups (broad SMARTS) is 1. The third kappa shape index (κ3) is 2.46. The first-order chi connectivity index (χ1) is 12.5. The van der Waals surface area contributed by atoms with Gasteiger partial charge in [-0.2, -0.15) is 5.10 Å². The van der Waals surface area contributed by atoms with Gasteiger partial charge in [-0.3, -0.25) is 14.7 Å². The number of benzene rings is 1. The molecule has 2 aromatic rings. The quantitative estimate of drug-likeness (QED) is 0.875. The van der Waals surface area contributed by atoms with E-state index in [-0.39, 0.29) is 25.0 Å². The second kappa shape index (κ2) is 6.16. The molecule has 0 saturated carbocycles. The van der Waals surface area contributed by atoms with Crippen LogP contribution in [0.2, 0.25) is 0 Å². The third-order valence-electron chi connectivity index (χ3n) is 5.41. The fraction of sp³-hybridized carbons (Fsp3) is 0.421. The molecular weight excluding hydrogens is 334 g/mol. The fourth-order valence-corrected chi connectivity index (χ4v) is 4.02. The lowest BCUT2D eigenvalue weighted by atomic mass is 9.73. The summed E-state index contributed by atoms with van der Waals surface area (Å²) in [6.45, 7) is 2.59. The van der Waals surface area contributed by atoms with Gasteiger partial charge in [0.15, 0.2) is 0 Å². The predicted octanol–water partition coefficient (Wildman–Crippen LogP) is 2.07. The number of ether oxygens (including phenoxy) is 1. The lowest BCUT2D eigenvalue weighted by Gasteiger charge is -2.35. The standard InChI is InChI=1S/C19H21N3O4/c1-2-5-12-8-15(21-20-12)17(23)22-9-14-13-6-3-4-7-16(13)26-11-19(14,10-22)18(24)25/h3-4,6-8,14H,2,5,9-11H2,1H3,(H,20,21)(H,24,25)/t14-,19-/m1/s1. The molecule has 7 heteroatoms. The van der Waals surface area contributed by atoms with E-state index in [1.165, 1.54) is 0 Å². The molecular formula is C19H21N3O4. The van der Waals surface area contributed by atoms with Crippen LogP contribution in [-0.4, -0.2) is 51.8 Å². The molecule has 1 amide bonds. The Labute approximate surface area is 151 Å². The number of nitrogens with one attached hydrogen (secondary N) is 1. The number of hydrogen-bond donors (Lipinski definition) is 2. The van der Waals surface area contributed by atoms with Crippen LogP contribution >= 0.6 is 0 Å². The number of rotatable bonds is 4. The highest BCUT2D eigenvalue weighted by molar-refractivity contribution is 5.93. The fourth-order valence-electron chi connectivity index (χ4n) is 4.02. The summed E-state index contributed by atoms with van der Waals surface area (Å²) in [6, 6.07) is 9.22. The summed E-state index contributed by atoms with van der Waals surface area (Å²) in [5.41, 5.74) is 0.980. The molecule has 136 valence electrons. The maximum absolute atomic E-state index is 12.9. The van der Waals surface area contributed by atoms with E-state index in [2.05, 4.69) is 17.1 Å². The SMILES string of the molecule is CCCc1cc(C(=O)N2C[C@@H]3c4ccccc4OC[C@]3(C(=O)O)C2)n[nH]1. The number of aromatic amines is 1. The summed E-state index contributed by atoms with van der Waals surface area (Å²) in [4.78, 5) is 26.6. The second-order valence-electron chi connectivity index (χ2n) is 7.05. The minimum atomic E-state index is -1.12. The van der Waals surface area contributed by atoms with Crippen LogP contribution in [0.25, 0.3) is 0 Å². The lowest BCUT2D eigenvalue weighted by molar-refractivity contribution is -0.151. The molecule has 2 aliphatic heterocycles. The van der Waals surface area contributed by atoms with Crippen molar-refractivity contribution in [1.29, 1.82) is 0 Å². The Kier molecular flexibility index (Phi) is 3.94. The highest BCUT2D eigenvalue weighted by atomic mass is 16.5. The number of carbonyl (C=O) groups is 2. The smallest absolute Gasteiger partial charge is 0.315 e. The Morgan fingerprint density at radius 1 is 1.42 bits per heavy atom. The Morgan fingerprint density at radius 3 is 3.00 bits per heavy atom. The lowest BCUT2D eigenvalue weighted by Crippen LogP contribution is -2.46. The van der Waals surface area contributed by atoms with Gasteiger partial charge in [0.2, 0.25) is 0 Å². The zero-order chi connectivity index (χ0) is 18.3. The average Bonchev–Trinajstić information content (AvgIpc) is 3.27. The van der Waals surface area contributed by atoms with Crippen LogP contribution < -0.4 is 4.74 Å². The maximum atomic E-state index is 12.9. The summed E-state index contributed by atoms with van der Waals surface area (Å²) in [7, 11) is 0. The van der Waals surface area contributed by atoms with Gasteiger partial charge in [0.1, 0.15) is 23.5 Å². The molecule has 26 heavy (non-hydrogen) atoms. The normalized spacial score (nSPS) is 23.9. The monoisotopic (exact) mass is 355 g/mol. The Morgan fingerprint density at radius 2 is 2.23 bits per heavy atom. The molecule has 1 fully saturated rings. The number of likely N-dealkylation sites (tertiary alicyclic amines) is 1. The van der Waals surface area contributed by atoms with Crippen LogP contribution in [0.15, 0.2) is 30.3 Å². The highest BCUT2D eigenvalue weighted by Crippen LogP contribution is 2.49. The van der Waals surface area contributed by atoms with Crippen molar-refractivity contribution in [2.24, 2.45) is 5.41 Å². The summed E-state index contributed by atoms with van der Waals surface area (Å²) < 4.78 is 5.73. The number of carbonyl (C=O) groups excluding carboxylic acids is 1. The maximum Gasteiger partial charge on any atom is 0.315 e. The largest absolute Gasteiger partial charge is 0.492 e. The van der Waals surface area contributed by atoms with Crippen LogP contribution in [0.5, 0.6) is 5.75 Å².